The van der Waals surface area contributed by atoms with Gasteiger partial charge in [0, 0.05) is 39.3 Å². The molecule has 0 atom stereocenters. The van der Waals surface area contributed by atoms with Gasteiger partial charge in [-0.15, -0.1) is 0 Å². The summed E-state index contributed by atoms with van der Waals surface area (Å²) < 4.78 is 12.7. The molecule has 0 fully saturated rings. The quantitative estimate of drug-likeness (QED) is 0.173. The van der Waals surface area contributed by atoms with Gasteiger partial charge in [-0.05, 0) is 74.7 Å². The summed E-state index contributed by atoms with van der Waals surface area (Å²) in [7, 11) is 0. The number of aromatic nitrogens is 3. The van der Waals surface area contributed by atoms with Crippen LogP contribution >= 0.6 is 0 Å². The SMILES string of the molecule is C1=Cc2oc3cccc(-c4cccc5oc6ccccc6c45)c3c2C/C1=C\c1nc(-c2ccccc2)nc(-c2ccc3ccc4ccccc4c3c2)n1. The number of para-hydroxylation sites is 1. The Bertz CT molecular complexity index is 3150. The minimum Gasteiger partial charge on any atom is -0.456 e. The molecule has 3 heterocycles. The van der Waals surface area contributed by atoms with Crippen LogP contribution in [-0.2, 0) is 6.42 Å². The second kappa shape index (κ2) is 11.7. The number of hydrogen-bond acceptors (Lipinski definition) is 5. The first kappa shape index (κ1) is 29.6. The Morgan fingerprint density at radius 1 is 0.472 bits per heavy atom. The van der Waals surface area contributed by atoms with E-state index in [9.17, 15) is 0 Å². The third-order valence-corrected chi connectivity index (χ3v) is 10.4. The normalized spacial score (nSPS) is 13.5. The van der Waals surface area contributed by atoms with Crippen molar-refractivity contribution in [1.29, 1.82) is 0 Å². The highest BCUT2D eigenvalue weighted by molar-refractivity contribution is 6.15. The zero-order valence-electron chi connectivity index (χ0n) is 28.5. The Morgan fingerprint density at radius 3 is 1.98 bits per heavy atom. The molecular weight excluding hydrogens is 651 g/mol. The lowest BCUT2D eigenvalue weighted by molar-refractivity contribution is 0.598. The highest BCUT2D eigenvalue weighted by Gasteiger charge is 2.22. The smallest absolute Gasteiger partial charge is 0.164 e. The number of hydrogen-bond donors (Lipinski definition) is 0. The largest absolute Gasteiger partial charge is 0.456 e. The molecule has 0 amide bonds. The second-order valence-corrected chi connectivity index (χ2v) is 13.6. The van der Waals surface area contributed by atoms with Gasteiger partial charge in [0.25, 0.3) is 0 Å². The molecule has 5 heteroatoms. The van der Waals surface area contributed by atoms with Gasteiger partial charge in [0.1, 0.15) is 22.5 Å². The van der Waals surface area contributed by atoms with Gasteiger partial charge in [0.15, 0.2) is 17.5 Å². The molecule has 10 aromatic rings. The van der Waals surface area contributed by atoms with E-state index in [2.05, 4.69) is 115 Å². The van der Waals surface area contributed by atoms with Crippen molar-refractivity contribution in [2.75, 3.05) is 0 Å². The summed E-state index contributed by atoms with van der Waals surface area (Å²) in [4.78, 5) is 15.1. The summed E-state index contributed by atoms with van der Waals surface area (Å²) in [5.41, 5.74) is 8.98. The van der Waals surface area contributed by atoms with E-state index in [0.717, 1.165) is 72.1 Å². The molecule has 248 valence electrons. The minimum absolute atomic E-state index is 0.609. The monoisotopic (exact) mass is 679 g/mol. The van der Waals surface area contributed by atoms with Gasteiger partial charge >= 0.3 is 0 Å². The molecule has 7 aromatic carbocycles. The molecule has 3 aromatic heterocycles. The summed E-state index contributed by atoms with van der Waals surface area (Å²) in [6.45, 7) is 0. The zero-order chi connectivity index (χ0) is 34.9. The molecule has 1 aliphatic carbocycles. The zero-order valence-corrected chi connectivity index (χ0v) is 28.5. The number of nitrogens with zero attached hydrogens (tertiary/aromatic N) is 3. The van der Waals surface area contributed by atoms with Gasteiger partial charge in [0.2, 0.25) is 0 Å². The molecule has 0 unspecified atom stereocenters. The van der Waals surface area contributed by atoms with Crippen LogP contribution in [0.15, 0.2) is 166 Å². The maximum Gasteiger partial charge on any atom is 0.164 e. The van der Waals surface area contributed by atoms with Crippen molar-refractivity contribution < 1.29 is 8.83 Å². The van der Waals surface area contributed by atoms with E-state index in [1.165, 1.54) is 21.5 Å². The number of benzene rings is 7. The van der Waals surface area contributed by atoms with Crippen LogP contribution in [0.2, 0.25) is 0 Å². The van der Waals surface area contributed by atoms with Gasteiger partial charge in [-0.3, -0.25) is 0 Å². The van der Waals surface area contributed by atoms with Crippen molar-refractivity contribution in [2.24, 2.45) is 0 Å². The fourth-order valence-corrected chi connectivity index (χ4v) is 7.92. The maximum atomic E-state index is 6.47. The lowest BCUT2D eigenvalue weighted by atomic mass is 9.90. The van der Waals surface area contributed by atoms with Crippen LogP contribution < -0.4 is 0 Å². The fraction of sp³-hybridized carbons (Fsp3) is 0.0208. The molecule has 0 saturated carbocycles. The second-order valence-electron chi connectivity index (χ2n) is 13.6. The summed E-state index contributed by atoms with van der Waals surface area (Å²) in [6.07, 6.45) is 6.93. The van der Waals surface area contributed by atoms with Crippen LogP contribution in [0.4, 0.5) is 0 Å². The van der Waals surface area contributed by atoms with Gasteiger partial charge in [-0.25, -0.2) is 15.0 Å². The van der Waals surface area contributed by atoms with Gasteiger partial charge in [-0.1, -0.05) is 127 Å². The number of fused-ring (bicyclic) bond motifs is 9. The van der Waals surface area contributed by atoms with Crippen LogP contribution in [0.1, 0.15) is 17.1 Å². The van der Waals surface area contributed by atoms with Crippen LogP contribution in [-0.4, -0.2) is 15.0 Å². The number of furan rings is 2. The van der Waals surface area contributed by atoms with Gasteiger partial charge in [-0.2, -0.15) is 0 Å². The average Bonchev–Trinajstić information content (AvgIpc) is 3.79. The maximum absolute atomic E-state index is 6.47. The third kappa shape index (κ3) is 4.89. The van der Waals surface area contributed by atoms with Crippen molar-refractivity contribution in [3.8, 4) is 33.9 Å². The highest BCUT2D eigenvalue weighted by atomic mass is 16.3. The lowest BCUT2D eigenvalue weighted by Gasteiger charge is -2.12. The standard InChI is InChI=1S/C48H29N3O2/c1-2-11-32(12-3-1)47-49-44(50-48(51-47)33-24-23-31-22-21-30-10-4-5-13-34(30)38(31)28-33)27-29-20-25-41-39(26-29)46-36(16-9-19-43(46)53-41)35-15-8-18-42-45(35)37-14-6-7-17-40(37)52-42/h1-25,27-28H,26H2/b29-27-. The Morgan fingerprint density at radius 2 is 1.13 bits per heavy atom. The molecule has 11 rings (SSSR count). The van der Waals surface area contributed by atoms with Crippen molar-refractivity contribution >= 4 is 66.6 Å². The van der Waals surface area contributed by atoms with Crippen LogP contribution in [0.3, 0.4) is 0 Å². The first-order valence-electron chi connectivity index (χ1n) is 17.8. The average molecular weight is 680 g/mol. The molecule has 0 spiro atoms. The molecule has 0 N–H and O–H groups in total. The summed E-state index contributed by atoms with van der Waals surface area (Å²) in [5, 5.41) is 8.09. The summed E-state index contributed by atoms with van der Waals surface area (Å²) in [6, 6.07) is 50.2. The van der Waals surface area contributed by atoms with E-state index in [4.69, 9.17) is 23.8 Å². The van der Waals surface area contributed by atoms with E-state index in [1.807, 2.05) is 48.5 Å². The van der Waals surface area contributed by atoms with Gasteiger partial charge < -0.3 is 8.83 Å². The number of allylic oxidation sites excluding steroid dienone is 2. The molecule has 0 saturated heterocycles. The van der Waals surface area contributed by atoms with Crippen LogP contribution in [0, 0.1) is 0 Å². The molecule has 53 heavy (non-hydrogen) atoms. The Labute approximate surface area is 304 Å². The molecule has 0 radical (unpaired) electrons. The Balaban J connectivity index is 1.05. The van der Waals surface area contributed by atoms with Crippen molar-refractivity contribution in [1.82, 2.24) is 15.0 Å². The Kier molecular flexibility index (Phi) is 6.55. The number of rotatable bonds is 4. The molecule has 0 aliphatic heterocycles. The van der Waals surface area contributed by atoms with Crippen LogP contribution in [0.25, 0.3) is 101 Å². The molecular formula is C48H29N3O2. The van der Waals surface area contributed by atoms with E-state index in [0.29, 0.717) is 23.9 Å². The van der Waals surface area contributed by atoms with E-state index >= 15 is 0 Å². The van der Waals surface area contributed by atoms with E-state index in [-0.39, 0.29) is 0 Å². The topological polar surface area (TPSA) is 65.0 Å². The van der Waals surface area contributed by atoms with Crippen molar-refractivity contribution in [3.05, 3.63) is 174 Å². The predicted octanol–water partition coefficient (Wildman–Crippen LogP) is 12.5. The predicted molar refractivity (Wildman–Crippen MR) is 215 cm³/mol. The summed E-state index contributed by atoms with van der Waals surface area (Å²) in [5.74, 6) is 2.76. The molecule has 0 bridgehead atoms. The van der Waals surface area contributed by atoms with E-state index in [1.54, 1.807) is 0 Å². The van der Waals surface area contributed by atoms with Crippen molar-refractivity contribution in [3.63, 3.8) is 0 Å². The van der Waals surface area contributed by atoms with Crippen molar-refractivity contribution in [2.45, 2.75) is 6.42 Å². The summed E-state index contributed by atoms with van der Waals surface area (Å²) >= 11 is 0. The van der Waals surface area contributed by atoms with Crippen LogP contribution in [0.5, 0.6) is 0 Å². The lowest BCUT2D eigenvalue weighted by Crippen LogP contribution is -2.02. The molecule has 5 nitrogen and oxygen atoms in total. The minimum atomic E-state index is 0.609. The first-order chi connectivity index (χ1) is 26.2. The van der Waals surface area contributed by atoms with E-state index < -0.39 is 0 Å². The third-order valence-electron chi connectivity index (χ3n) is 10.4. The highest BCUT2D eigenvalue weighted by Crippen LogP contribution is 2.43. The molecule has 1 aliphatic rings. The Hall–Kier alpha value is -7.11. The first-order valence-corrected chi connectivity index (χ1v) is 17.8. The van der Waals surface area contributed by atoms with Gasteiger partial charge in [0.05, 0.1) is 0 Å². The fourth-order valence-electron chi connectivity index (χ4n) is 7.92.